The van der Waals surface area contributed by atoms with E-state index in [9.17, 15) is 13.2 Å². The zero-order chi connectivity index (χ0) is 16.4. The third-order valence-electron chi connectivity index (χ3n) is 3.90. The van der Waals surface area contributed by atoms with Crippen molar-refractivity contribution in [2.24, 2.45) is 0 Å². The SMILES string of the molecule is CCN(C(=O)CSc1nc2ccccc2s1)[C@H]1CCS(=O)(=O)C1. The van der Waals surface area contributed by atoms with Crippen molar-refractivity contribution in [2.45, 2.75) is 23.7 Å². The quantitative estimate of drug-likeness (QED) is 0.756. The monoisotopic (exact) mass is 370 g/mol. The predicted octanol–water partition coefficient (Wildman–Crippen LogP) is 2.42. The van der Waals surface area contributed by atoms with Crippen LogP contribution in [-0.4, -0.2) is 54.1 Å². The maximum absolute atomic E-state index is 12.4. The molecule has 0 unspecified atom stereocenters. The number of sulfone groups is 1. The van der Waals surface area contributed by atoms with Crippen molar-refractivity contribution in [3.63, 3.8) is 0 Å². The first-order valence-electron chi connectivity index (χ1n) is 7.47. The van der Waals surface area contributed by atoms with Crippen LogP contribution in [0, 0.1) is 0 Å². The Morgan fingerprint density at radius 2 is 2.22 bits per heavy atom. The lowest BCUT2D eigenvalue weighted by Gasteiger charge is -2.26. The van der Waals surface area contributed by atoms with Crippen LogP contribution in [0.5, 0.6) is 0 Å². The van der Waals surface area contributed by atoms with Gasteiger partial charge in [0.2, 0.25) is 5.91 Å². The van der Waals surface area contributed by atoms with Gasteiger partial charge in [-0.05, 0) is 25.5 Å². The van der Waals surface area contributed by atoms with Crippen LogP contribution >= 0.6 is 23.1 Å². The van der Waals surface area contributed by atoms with E-state index in [0.29, 0.717) is 18.7 Å². The Morgan fingerprint density at radius 1 is 1.43 bits per heavy atom. The van der Waals surface area contributed by atoms with Gasteiger partial charge in [-0.1, -0.05) is 23.9 Å². The number of thioether (sulfide) groups is 1. The standard InChI is InChI=1S/C15H18N2O3S3/c1-2-17(11-7-8-23(19,20)10-11)14(18)9-21-15-16-12-5-3-4-6-13(12)22-15/h3-6,11H,2,7-10H2,1H3/t11-/m0/s1. The molecule has 1 aromatic heterocycles. The Morgan fingerprint density at radius 3 is 2.87 bits per heavy atom. The number of carbonyl (C=O) groups excluding carboxylic acids is 1. The lowest BCUT2D eigenvalue weighted by atomic mass is 10.2. The highest BCUT2D eigenvalue weighted by Crippen LogP contribution is 2.29. The van der Waals surface area contributed by atoms with E-state index < -0.39 is 9.84 Å². The average molecular weight is 371 g/mol. The maximum Gasteiger partial charge on any atom is 0.233 e. The Labute approximate surface area is 144 Å². The molecule has 1 aliphatic rings. The fraction of sp³-hybridized carbons (Fsp3) is 0.467. The number of nitrogens with zero attached hydrogens (tertiary/aromatic N) is 2. The number of aromatic nitrogens is 1. The molecular formula is C15H18N2O3S3. The van der Waals surface area contributed by atoms with Gasteiger partial charge in [0.15, 0.2) is 14.2 Å². The first-order valence-corrected chi connectivity index (χ1v) is 11.1. The molecule has 3 rings (SSSR count). The van der Waals surface area contributed by atoms with Crippen LogP contribution in [0.2, 0.25) is 0 Å². The van der Waals surface area contributed by atoms with Gasteiger partial charge >= 0.3 is 0 Å². The van der Waals surface area contributed by atoms with Gasteiger partial charge in [0.05, 0.1) is 27.5 Å². The van der Waals surface area contributed by atoms with E-state index in [-0.39, 0.29) is 23.5 Å². The van der Waals surface area contributed by atoms with E-state index >= 15 is 0 Å². The number of amides is 1. The maximum atomic E-state index is 12.4. The smallest absolute Gasteiger partial charge is 0.233 e. The summed E-state index contributed by atoms with van der Waals surface area (Å²) in [4.78, 5) is 18.7. The van der Waals surface area contributed by atoms with Crippen LogP contribution in [0.15, 0.2) is 28.6 Å². The Bertz CT molecular complexity index is 783. The first-order chi connectivity index (χ1) is 11.0. The van der Waals surface area contributed by atoms with E-state index in [2.05, 4.69) is 4.98 Å². The fourth-order valence-corrected chi connectivity index (χ4v) is 6.46. The van der Waals surface area contributed by atoms with Crippen molar-refractivity contribution in [1.82, 2.24) is 9.88 Å². The molecule has 0 bridgehead atoms. The van der Waals surface area contributed by atoms with E-state index in [1.165, 1.54) is 11.8 Å². The van der Waals surface area contributed by atoms with Gasteiger partial charge in [0.1, 0.15) is 0 Å². The lowest BCUT2D eigenvalue weighted by Crippen LogP contribution is -2.41. The Balaban J connectivity index is 1.63. The van der Waals surface area contributed by atoms with Crippen molar-refractivity contribution in [1.29, 1.82) is 0 Å². The molecule has 124 valence electrons. The van der Waals surface area contributed by atoms with Crippen molar-refractivity contribution < 1.29 is 13.2 Å². The summed E-state index contributed by atoms with van der Waals surface area (Å²) in [6.45, 7) is 2.44. The second-order valence-corrected chi connectivity index (χ2v) is 9.95. The van der Waals surface area contributed by atoms with E-state index in [1.54, 1.807) is 16.2 Å². The Hall–Kier alpha value is -1.12. The molecule has 0 N–H and O–H groups in total. The number of para-hydroxylation sites is 1. The number of benzene rings is 1. The second kappa shape index (κ2) is 6.78. The normalized spacial score (nSPS) is 20.0. The minimum absolute atomic E-state index is 0.0149. The predicted molar refractivity (Wildman–Crippen MR) is 94.8 cm³/mol. The summed E-state index contributed by atoms with van der Waals surface area (Å²) < 4.78 is 25.2. The zero-order valence-corrected chi connectivity index (χ0v) is 15.2. The summed E-state index contributed by atoms with van der Waals surface area (Å²) in [5, 5.41) is 0. The largest absolute Gasteiger partial charge is 0.338 e. The van der Waals surface area contributed by atoms with Crippen molar-refractivity contribution in [2.75, 3.05) is 23.8 Å². The van der Waals surface area contributed by atoms with Gasteiger partial charge in [-0.15, -0.1) is 11.3 Å². The molecule has 0 spiro atoms. The minimum Gasteiger partial charge on any atom is -0.338 e. The van der Waals surface area contributed by atoms with Crippen molar-refractivity contribution in [3.8, 4) is 0 Å². The number of thiazole rings is 1. The highest BCUT2D eigenvalue weighted by atomic mass is 32.2. The third kappa shape index (κ3) is 3.87. The van der Waals surface area contributed by atoms with Gasteiger partial charge in [-0.25, -0.2) is 13.4 Å². The molecule has 0 saturated carbocycles. The van der Waals surface area contributed by atoms with Gasteiger partial charge in [-0.3, -0.25) is 4.79 Å². The summed E-state index contributed by atoms with van der Waals surface area (Å²) >= 11 is 3.00. The highest BCUT2D eigenvalue weighted by molar-refractivity contribution is 8.01. The summed E-state index contributed by atoms with van der Waals surface area (Å²) in [5.74, 6) is 0.563. The zero-order valence-electron chi connectivity index (χ0n) is 12.8. The minimum atomic E-state index is -2.98. The molecule has 23 heavy (non-hydrogen) atoms. The molecule has 0 aliphatic carbocycles. The van der Waals surface area contributed by atoms with Crippen molar-refractivity contribution in [3.05, 3.63) is 24.3 Å². The van der Waals surface area contributed by atoms with Gasteiger partial charge in [0.25, 0.3) is 0 Å². The van der Waals surface area contributed by atoms with Crippen LogP contribution in [0.4, 0.5) is 0 Å². The fourth-order valence-electron chi connectivity index (χ4n) is 2.78. The molecule has 1 atom stereocenters. The average Bonchev–Trinajstić information content (AvgIpc) is 3.08. The van der Waals surface area contributed by atoms with Gasteiger partial charge in [0, 0.05) is 12.6 Å². The molecule has 1 saturated heterocycles. The van der Waals surface area contributed by atoms with Gasteiger partial charge < -0.3 is 4.90 Å². The molecule has 8 heteroatoms. The number of hydrogen-bond acceptors (Lipinski definition) is 6. The van der Waals surface area contributed by atoms with Crippen LogP contribution in [-0.2, 0) is 14.6 Å². The molecular weight excluding hydrogens is 352 g/mol. The number of carbonyl (C=O) groups is 1. The Kier molecular flexibility index (Phi) is 4.93. The molecule has 1 aromatic carbocycles. The molecule has 2 heterocycles. The number of rotatable bonds is 5. The number of hydrogen-bond donors (Lipinski definition) is 0. The lowest BCUT2D eigenvalue weighted by molar-refractivity contribution is -0.129. The second-order valence-electron chi connectivity index (χ2n) is 5.47. The molecule has 1 amide bonds. The first kappa shape index (κ1) is 16.7. The van der Waals surface area contributed by atoms with Crippen LogP contribution in [0.25, 0.3) is 10.2 Å². The number of fused-ring (bicyclic) bond motifs is 1. The van der Waals surface area contributed by atoms with Crippen LogP contribution < -0.4 is 0 Å². The van der Waals surface area contributed by atoms with Crippen LogP contribution in [0.3, 0.4) is 0 Å². The molecule has 2 aromatic rings. The van der Waals surface area contributed by atoms with E-state index in [1.807, 2.05) is 31.2 Å². The molecule has 1 fully saturated rings. The van der Waals surface area contributed by atoms with E-state index in [0.717, 1.165) is 14.6 Å². The van der Waals surface area contributed by atoms with Crippen LogP contribution in [0.1, 0.15) is 13.3 Å². The molecule has 0 radical (unpaired) electrons. The molecule has 5 nitrogen and oxygen atoms in total. The summed E-state index contributed by atoms with van der Waals surface area (Å²) in [7, 11) is -2.98. The third-order valence-corrected chi connectivity index (χ3v) is 7.82. The summed E-state index contributed by atoms with van der Waals surface area (Å²) in [5.41, 5.74) is 0.946. The summed E-state index contributed by atoms with van der Waals surface area (Å²) in [6, 6.07) is 7.72. The van der Waals surface area contributed by atoms with Gasteiger partial charge in [-0.2, -0.15) is 0 Å². The van der Waals surface area contributed by atoms with E-state index in [4.69, 9.17) is 0 Å². The topological polar surface area (TPSA) is 67.3 Å². The summed E-state index contributed by atoms with van der Waals surface area (Å²) in [6.07, 6.45) is 0.549. The highest BCUT2D eigenvalue weighted by Gasteiger charge is 2.33. The van der Waals surface area contributed by atoms with Crippen molar-refractivity contribution >= 4 is 49.1 Å². The molecule has 1 aliphatic heterocycles.